The minimum absolute atomic E-state index is 0.0715. The average molecular weight is 424 g/mol. The fourth-order valence-corrected chi connectivity index (χ4v) is 3.80. The van der Waals surface area contributed by atoms with Crippen molar-refractivity contribution in [2.24, 2.45) is 0 Å². The summed E-state index contributed by atoms with van der Waals surface area (Å²) in [7, 11) is -4.23. The van der Waals surface area contributed by atoms with Gasteiger partial charge in [-0.15, -0.1) is 0 Å². The molecule has 1 aliphatic rings. The van der Waals surface area contributed by atoms with E-state index in [1.165, 1.54) is 6.07 Å². The standard InChI is InChI=1S/C15H10ClF4N3O3S/c16-9-6-8(2-3-10(9)17)21-14(24)13-22-11-5-7(15(18,19)20)1-4-12(11)27(25,26)23-13/h1-6,13,22-23H,(H,21,24). The zero-order valence-electron chi connectivity index (χ0n) is 13.1. The number of fused-ring (bicyclic) bond motifs is 1. The van der Waals surface area contributed by atoms with Crippen LogP contribution in [0.25, 0.3) is 0 Å². The van der Waals surface area contributed by atoms with Crippen molar-refractivity contribution in [3.8, 4) is 0 Å². The number of amides is 1. The highest BCUT2D eigenvalue weighted by Crippen LogP contribution is 2.35. The first-order valence-corrected chi connectivity index (χ1v) is 9.09. The van der Waals surface area contributed by atoms with Gasteiger partial charge in [0.05, 0.1) is 16.3 Å². The Morgan fingerprint density at radius 3 is 2.48 bits per heavy atom. The molecule has 0 radical (unpaired) electrons. The molecule has 3 N–H and O–H groups in total. The molecular weight excluding hydrogens is 414 g/mol. The van der Waals surface area contributed by atoms with E-state index in [9.17, 15) is 30.8 Å². The summed E-state index contributed by atoms with van der Waals surface area (Å²) in [5.74, 6) is -1.65. The Hall–Kier alpha value is -2.37. The lowest BCUT2D eigenvalue weighted by molar-refractivity contribution is -0.137. The minimum atomic E-state index is -4.69. The van der Waals surface area contributed by atoms with E-state index in [1.54, 1.807) is 0 Å². The number of halogens is 5. The summed E-state index contributed by atoms with van der Waals surface area (Å²) in [4.78, 5) is 11.9. The lowest BCUT2D eigenvalue weighted by atomic mass is 10.2. The van der Waals surface area contributed by atoms with E-state index in [0.29, 0.717) is 12.1 Å². The Balaban J connectivity index is 1.89. The number of alkyl halides is 3. The van der Waals surface area contributed by atoms with Crippen LogP contribution in [0.4, 0.5) is 28.9 Å². The maximum Gasteiger partial charge on any atom is 0.416 e. The van der Waals surface area contributed by atoms with E-state index >= 15 is 0 Å². The molecule has 12 heteroatoms. The first-order chi connectivity index (χ1) is 12.5. The number of hydrogen-bond donors (Lipinski definition) is 3. The second-order valence-corrected chi connectivity index (χ2v) is 7.62. The lowest BCUT2D eigenvalue weighted by Gasteiger charge is -2.27. The third kappa shape index (κ3) is 3.99. The van der Waals surface area contributed by atoms with Crippen LogP contribution in [-0.2, 0) is 21.0 Å². The van der Waals surface area contributed by atoms with Gasteiger partial charge in [-0.25, -0.2) is 12.8 Å². The molecule has 144 valence electrons. The Kier molecular flexibility index (Phi) is 4.78. The average Bonchev–Trinajstić information content (AvgIpc) is 2.56. The molecule has 0 spiro atoms. The smallest absolute Gasteiger partial charge is 0.360 e. The van der Waals surface area contributed by atoms with E-state index in [4.69, 9.17) is 11.6 Å². The van der Waals surface area contributed by atoms with Crippen molar-refractivity contribution in [2.45, 2.75) is 17.2 Å². The van der Waals surface area contributed by atoms with E-state index < -0.39 is 44.5 Å². The molecule has 1 amide bonds. The van der Waals surface area contributed by atoms with Crippen molar-refractivity contribution in [3.63, 3.8) is 0 Å². The van der Waals surface area contributed by atoms with Gasteiger partial charge in [0.15, 0.2) is 6.17 Å². The molecule has 0 aromatic heterocycles. The predicted octanol–water partition coefficient (Wildman–Crippen LogP) is 3.17. The normalized spacial score (nSPS) is 18.3. The van der Waals surface area contributed by atoms with Gasteiger partial charge in [-0.3, -0.25) is 4.79 Å². The summed E-state index contributed by atoms with van der Waals surface area (Å²) in [5.41, 5.74) is -1.38. The zero-order valence-corrected chi connectivity index (χ0v) is 14.6. The number of nitrogens with one attached hydrogen (secondary N) is 3. The number of carbonyl (C=O) groups is 1. The van der Waals surface area contributed by atoms with E-state index in [1.807, 2.05) is 4.72 Å². The van der Waals surface area contributed by atoms with Gasteiger partial charge in [0, 0.05) is 5.69 Å². The van der Waals surface area contributed by atoms with Crippen LogP contribution >= 0.6 is 11.6 Å². The van der Waals surface area contributed by atoms with Gasteiger partial charge in [-0.2, -0.15) is 17.9 Å². The molecule has 1 unspecified atom stereocenters. The molecule has 27 heavy (non-hydrogen) atoms. The van der Waals surface area contributed by atoms with Crippen molar-refractivity contribution in [2.75, 3.05) is 10.6 Å². The second kappa shape index (κ2) is 6.66. The summed E-state index contributed by atoms with van der Waals surface area (Å²) in [5, 5.41) is 4.42. The summed E-state index contributed by atoms with van der Waals surface area (Å²) >= 11 is 5.60. The monoisotopic (exact) mass is 423 g/mol. The Bertz CT molecular complexity index is 1030. The lowest BCUT2D eigenvalue weighted by Crippen LogP contribution is -2.51. The number of sulfonamides is 1. The molecule has 0 bridgehead atoms. The highest BCUT2D eigenvalue weighted by molar-refractivity contribution is 7.89. The molecule has 3 rings (SSSR count). The van der Waals surface area contributed by atoms with Crippen LogP contribution in [0.1, 0.15) is 5.56 Å². The first kappa shape index (κ1) is 19.4. The first-order valence-electron chi connectivity index (χ1n) is 7.23. The fraction of sp³-hybridized carbons (Fsp3) is 0.133. The summed E-state index contributed by atoms with van der Waals surface area (Å²) in [6.07, 6.45) is -6.27. The Morgan fingerprint density at radius 2 is 1.85 bits per heavy atom. The molecule has 6 nitrogen and oxygen atoms in total. The summed E-state index contributed by atoms with van der Waals surface area (Å²) in [6, 6.07) is 5.29. The van der Waals surface area contributed by atoms with Crippen LogP contribution in [0.2, 0.25) is 5.02 Å². The molecular formula is C15H10ClF4N3O3S. The van der Waals surface area contributed by atoms with Gasteiger partial charge in [-0.1, -0.05) is 11.6 Å². The van der Waals surface area contributed by atoms with E-state index in [-0.39, 0.29) is 16.4 Å². The van der Waals surface area contributed by atoms with Gasteiger partial charge in [0.2, 0.25) is 10.0 Å². The number of carbonyl (C=O) groups excluding carboxylic acids is 1. The quantitative estimate of drug-likeness (QED) is 0.647. The third-order valence-electron chi connectivity index (χ3n) is 3.62. The molecule has 0 fully saturated rings. The molecule has 0 aliphatic carbocycles. The maximum absolute atomic E-state index is 13.2. The molecule has 2 aromatic rings. The van der Waals surface area contributed by atoms with Crippen LogP contribution in [0.3, 0.4) is 0 Å². The Labute approximate surface area is 155 Å². The predicted molar refractivity (Wildman–Crippen MR) is 89.2 cm³/mol. The van der Waals surface area contributed by atoms with Gasteiger partial charge >= 0.3 is 6.18 Å². The van der Waals surface area contributed by atoms with Crippen molar-refractivity contribution >= 4 is 38.9 Å². The molecule has 1 heterocycles. The zero-order chi connectivity index (χ0) is 20.0. The van der Waals surface area contributed by atoms with Crippen molar-refractivity contribution in [3.05, 3.63) is 52.8 Å². The summed E-state index contributed by atoms with van der Waals surface area (Å²) < 4.78 is 78.1. The highest BCUT2D eigenvalue weighted by atomic mass is 35.5. The molecule has 0 saturated carbocycles. The van der Waals surface area contributed by atoms with Crippen LogP contribution in [0, 0.1) is 5.82 Å². The van der Waals surface area contributed by atoms with Crippen LogP contribution in [-0.4, -0.2) is 20.5 Å². The summed E-state index contributed by atoms with van der Waals surface area (Å²) in [6.45, 7) is 0. The number of anilines is 2. The van der Waals surface area contributed by atoms with Gasteiger partial charge in [-0.05, 0) is 36.4 Å². The van der Waals surface area contributed by atoms with Crippen LogP contribution in [0.15, 0.2) is 41.3 Å². The Morgan fingerprint density at radius 1 is 1.15 bits per heavy atom. The van der Waals surface area contributed by atoms with E-state index in [0.717, 1.165) is 18.2 Å². The second-order valence-electron chi connectivity index (χ2n) is 5.53. The third-order valence-corrected chi connectivity index (χ3v) is 5.39. The van der Waals surface area contributed by atoms with Crippen LogP contribution in [0.5, 0.6) is 0 Å². The van der Waals surface area contributed by atoms with Gasteiger partial charge in [0.1, 0.15) is 10.7 Å². The number of hydrogen-bond acceptors (Lipinski definition) is 4. The van der Waals surface area contributed by atoms with E-state index in [2.05, 4.69) is 10.6 Å². The molecule has 1 atom stereocenters. The number of benzene rings is 2. The maximum atomic E-state index is 13.2. The molecule has 1 aliphatic heterocycles. The van der Waals surface area contributed by atoms with Crippen molar-refractivity contribution in [1.82, 2.24) is 4.72 Å². The number of rotatable bonds is 2. The van der Waals surface area contributed by atoms with Crippen LogP contribution < -0.4 is 15.4 Å². The largest absolute Gasteiger partial charge is 0.416 e. The fourth-order valence-electron chi connectivity index (χ4n) is 2.36. The minimum Gasteiger partial charge on any atom is -0.360 e. The molecule has 0 saturated heterocycles. The van der Waals surface area contributed by atoms with Crippen molar-refractivity contribution in [1.29, 1.82) is 0 Å². The van der Waals surface area contributed by atoms with Crippen molar-refractivity contribution < 1.29 is 30.8 Å². The topological polar surface area (TPSA) is 87.3 Å². The SMILES string of the molecule is O=C(Nc1ccc(F)c(Cl)c1)C1Nc2cc(C(F)(F)F)ccc2S(=O)(=O)N1. The van der Waals surface area contributed by atoms with Gasteiger partial charge < -0.3 is 10.6 Å². The molecule has 2 aromatic carbocycles. The highest BCUT2D eigenvalue weighted by Gasteiger charge is 2.37. The van der Waals surface area contributed by atoms with Gasteiger partial charge in [0.25, 0.3) is 5.91 Å².